The van der Waals surface area contributed by atoms with Gasteiger partial charge in [0.2, 0.25) is 0 Å². The van der Waals surface area contributed by atoms with E-state index >= 15 is 0 Å². The number of hydrogen-bond donors (Lipinski definition) is 2. The topological polar surface area (TPSA) is 38.0 Å². The van der Waals surface area contributed by atoms with Gasteiger partial charge in [-0.05, 0) is 54.3 Å². The monoisotopic (exact) mass is 356 g/mol. The van der Waals surface area contributed by atoms with Crippen LogP contribution in [-0.2, 0) is 12.8 Å². The van der Waals surface area contributed by atoms with Gasteiger partial charge in [-0.3, -0.25) is 11.3 Å². The molecular formula is C15H15BrClFN2. The van der Waals surface area contributed by atoms with Gasteiger partial charge in [0.15, 0.2) is 0 Å². The van der Waals surface area contributed by atoms with Crippen molar-refractivity contribution in [2.75, 3.05) is 0 Å². The first-order valence-electron chi connectivity index (χ1n) is 6.22. The molecule has 1 atom stereocenters. The molecule has 0 radical (unpaired) electrons. The van der Waals surface area contributed by atoms with Crippen molar-refractivity contribution >= 4 is 27.5 Å². The lowest BCUT2D eigenvalue weighted by molar-refractivity contribution is 0.520. The Morgan fingerprint density at radius 1 is 1.15 bits per heavy atom. The van der Waals surface area contributed by atoms with Crippen LogP contribution in [-0.4, -0.2) is 6.04 Å². The van der Waals surface area contributed by atoms with E-state index in [1.807, 2.05) is 30.3 Å². The zero-order valence-corrected chi connectivity index (χ0v) is 13.1. The van der Waals surface area contributed by atoms with Gasteiger partial charge < -0.3 is 0 Å². The second-order valence-electron chi connectivity index (χ2n) is 4.68. The van der Waals surface area contributed by atoms with E-state index < -0.39 is 0 Å². The Hall–Kier alpha value is -0.940. The summed E-state index contributed by atoms with van der Waals surface area (Å²) in [6.45, 7) is 0. The van der Waals surface area contributed by atoms with Crippen LogP contribution in [0.2, 0.25) is 5.02 Å². The van der Waals surface area contributed by atoms with Crippen LogP contribution in [0.25, 0.3) is 0 Å². The molecule has 0 aliphatic carbocycles. The molecule has 106 valence electrons. The first-order valence-corrected chi connectivity index (χ1v) is 7.39. The summed E-state index contributed by atoms with van der Waals surface area (Å²) in [5, 5.41) is 0.701. The summed E-state index contributed by atoms with van der Waals surface area (Å²) in [4.78, 5) is 0. The number of nitrogens with one attached hydrogen (secondary N) is 1. The Morgan fingerprint density at radius 3 is 2.55 bits per heavy atom. The second-order valence-corrected chi connectivity index (χ2v) is 6.03. The van der Waals surface area contributed by atoms with Crippen LogP contribution in [0.15, 0.2) is 46.9 Å². The van der Waals surface area contributed by atoms with Crippen molar-refractivity contribution in [3.05, 3.63) is 68.9 Å². The van der Waals surface area contributed by atoms with Crippen molar-refractivity contribution in [1.82, 2.24) is 5.43 Å². The second kappa shape index (κ2) is 7.18. The Labute approximate surface area is 131 Å². The van der Waals surface area contributed by atoms with Gasteiger partial charge in [0.05, 0.1) is 0 Å². The molecule has 0 heterocycles. The van der Waals surface area contributed by atoms with Crippen molar-refractivity contribution in [3.8, 4) is 0 Å². The predicted octanol–water partition coefficient (Wildman–Crippen LogP) is 3.86. The van der Waals surface area contributed by atoms with E-state index in [4.69, 9.17) is 17.4 Å². The van der Waals surface area contributed by atoms with Gasteiger partial charge in [0.1, 0.15) is 5.82 Å². The summed E-state index contributed by atoms with van der Waals surface area (Å²) in [6.07, 6.45) is 1.37. The molecule has 0 aromatic heterocycles. The fourth-order valence-corrected chi connectivity index (χ4v) is 2.88. The van der Waals surface area contributed by atoms with Crippen LogP contribution in [0.4, 0.5) is 4.39 Å². The van der Waals surface area contributed by atoms with Gasteiger partial charge in [0.25, 0.3) is 0 Å². The van der Waals surface area contributed by atoms with Crippen LogP contribution >= 0.6 is 27.5 Å². The molecule has 0 aliphatic rings. The van der Waals surface area contributed by atoms with Crippen molar-refractivity contribution < 1.29 is 4.39 Å². The number of hydrazine groups is 1. The molecule has 20 heavy (non-hydrogen) atoms. The highest BCUT2D eigenvalue weighted by atomic mass is 79.9. The van der Waals surface area contributed by atoms with E-state index in [9.17, 15) is 4.39 Å². The van der Waals surface area contributed by atoms with Gasteiger partial charge in [-0.1, -0.05) is 39.7 Å². The summed E-state index contributed by atoms with van der Waals surface area (Å²) in [6, 6.07) is 12.5. The summed E-state index contributed by atoms with van der Waals surface area (Å²) >= 11 is 9.26. The van der Waals surface area contributed by atoms with E-state index in [1.165, 1.54) is 12.1 Å². The molecule has 2 nitrogen and oxygen atoms in total. The summed E-state index contributed by atoms with van der Waals surface area (Å²) in [5.41, 5.74) is 4.76. The Bertz CT molecular complexity index is 572. The fourth-order valence-electron chi connectivity index (χ4n) is 2.15. The summed E-state index contributed by atoms with van der Waals surface area (Å²) in [7, 11) is 0. The zero-order valence-electron chi connectivity index (χ0n) is 10.7. The molecule has 1 unspecified atom stereocenters. The van der Waals surface area contributed by atoms with Gasteiger partial charge in [-0.25, -0.2) is 4.39 Å². The predicted molar refractivity (Wildman–Crippen MR) is 84.1 cm³/mol. The minimum atomic E-state index is -0.257. The van der Waals surface area contributed by atoms with Gasteiger partial charge >= 0.3 is 0 Å². The van der Waals surface area contributed by atoms with E-state index in [-0.39, 0.29) is 11.9 Å². The average Bonchev–Trinajstić information content (AvgIpc) is 2.36. The van der Waals surface area contributed by atoms with E-state index in [0.717, 1.165) is 22.0 Å². The summed E-state index contributed by atoms with van der Waals surface area (Å²) < 4.78 is 14.1. The third-order valence-corrected chi connectivity index (χ3v) is 3.70. The van der Waals surface area contributed by atoms with Gasteiger partial charge in [-0.2, -0.15) is 0 Å². The van der Waals surface area contributed by atoms with E-state index in [0.29, 0.717) is 11.4 Å². The fraction of sp³-hybridized carbons (Fsp3) is 0.200. The number of rotatable bonds is 5. The first kappa shape index (κ1) is 15.4. The molecular weight excluding hydrogens is 343 g/mol. The van der Waals surface area contributed by atoms with E-state index in [1.54, 1.807) is 0 Å². The molecule has 2 aromatic carbocycles. The van der Waals surface area contributed by atoms with Crippen molar-refractivity contribution in [1.29, 1.82) is 0 Å². The maximum atomic E-state index is 13.4. The van der Waals surface area contributed by atoms with Crippen LogP contribution in [0.3, 0.4) is 0 Å². The number of nitrogens with two attached hydrogens (primary N) is 1. The lowest BCUT2D eigenvalue weighted by atomic mass is 9.99. The van der Waals surface area contributed by atoms with Crippen molar-refractivity contribution in [2.45, 2.75) is 18.9 Å². The van der Waals surface area contributed by atoms with E-state index in [2.05, 4.69) is 21.4 Å². The standard InChI is InChI=1S/C15H15BrClFN2/c16-12-4-11(6-14(18)9-12)8-15(20-19)7-10-2-1-3-13(17)5-10/h1-6,9,15,20H,7-8,19H2. The Kier molecular flexibility index (Phi) is 5.54. The molecule has 0 bridgehead atoms. The maximum absolute atomic E-state index is 13.4. The number of benzene rings is 2. The molecule has 0 saturated heterocycles. The van der Waals surface area contributed by atoms with Crippen molar-refractivity contribution in [2.24, 2.45) is 5.84 Å². The van der Waals surface area contributed by atoms with Crippen LogP contribution < -0.4 is 11.3 Å². The highest BCUT2D eigenvalue weighted by molar-refractivity contribution is 9.10. The zero-order chi connectivity index (χ0) is 14.5. The molecule has 5 heteroatoms. The van der Waals surface area contributed by atoms with Crippen LogP contribution in [0.5, 0.6) is 0 Å². The maximum Gasteiger partial charge on any atom is 0.124 e. The highest BCUT2D eigenvalue weighted by Crippen LogP contribution is 2.18. The Balaban J connectivity index is 2.09. The average molecular weight is 358 g/mol. The number of hydrogen-bond acceptors (Lipinski definition) is 2. The molecule has 0 spiro atoms. The molecule has 2 rings (SSSR count). The normalized spacial score (nSPS) is 12.4. The molecule has 0 aliphatic heterocycles. The molecule has 2 aromatic rings. The minimum Gasteiger partial charge on any atom is -0.271 e. The van der Waals surface area contributed by atoms with Gasteiger partial charge in [0, 0.05) is 15.5 Å². The van der Waals surface area contributed by atoms with Crippen LogP contribution in [0.1, 0.15) is 11.1 Å². The summed E-state index contributed by atoms with van der Waals surface area (Å²) in [5.74, 6) is 5.34. The lowest BCUT2D eigenvalue weighted by Crippen LogP contribution is -2.38. The first-order chi connectivity index (χ1) is 9.56. The highest BCUT2D eigenvalue weighted by Gasteiger charge is 2.10. The third-order valence-electron chi connectivity index (χ3n) is 3.01. The quantitative estimate of drug-likeness (QED) is 0.630. The van der Waals surface area contributed by atoms with Crippen molar-refractivity contribution in [3.63, 3.8) is 0 Å². The SMILES string of the molecule is NNC(Cc1cccc(Cl)c1)Cc1cc(F)cc(Br)c1. The van der Waals surface area contributed by atoms with Crippen LogP contribution in [0, 0.1) is 5.82 Å². The minimum absolute atomic E-state index is 0.0159. The number of halogens is 3. The molecule has 3 N–H and O–H groups in total. The molecule has 0 fully saturated rings. The smallest absolute Gasteiger partial charge is 0.124 e. The lowest BCUT2D eigenvalue weighted by Gasteiger charge is -2.16. The molecule has 0 amide bonds. The third kappa shape index (κ3) is 4.56. The largest absolute Gasteiger partial charge is 0.271 e. The Morgan fingerprint density at radius 2 is 1.90 bits per heavy atom. The van der Waals surface area contributed by atoms with Gasteiger partial charge in [-0.15, -0.1) is 0 Å². The molecule has 0 saturated carbocycles.